The molecule has 110 valence electrons. The van der Waals surface area contributed by atoms with Crippen molar-refractivity contribution in [2.24, 2.45) is 5.73 Å². The van der Waals surface area contributed by atoms with E-state index in [9.17, 15) is 4.79 Å². The number of hydrogen-bond acceptors (Lipinski definition) is 1. The Balaban J connectivity index is 2.16. The van der Waals surface area contributed by atoms with Gasteiger partial charge >= 0.3 is 6.03 Å². The molecule has 0 atom stereocenters. The second-order valence-corrected chi connectivity index (χ2v) is 5.99. The lowest BCUT2D eigenvalue weighted by atomic mass is 9.92. The fraction of sp³-hybridized carbons (Fsp3) is 0.235. The van der Waals surface area contributed by atoms with Crippen molar-refractivity contribution in [3.05, 3.63) is 70.2 Å². The Morgan fingerprint density at radius 1 is 1.14 bits per heavy atom. The van der Waals surface area contributed by atoms with Crippen LogP contribution in [0.25, 0.3) is 0 Å². The summed E-state index contributed by atoms with van der Waals surface area (Å²) in [6.07, 6.45) is 0.781. The van der Waals surface area contributed by atoms with Crippen LogP contribution in [0.4, 0.5) is 4.79 Å². The lowest BCUT2D eigenvalue weighted by molar-refractivity contribution is 0.238. The molecule has 0 aromatic heterocycles. The van der Waals surface area contributed by atoms with E-state index < -0.39 is 11.6 Å². The highest BCUT2D eigenvalue weighted by Gasteiger charge is 2.21. The van der Waals surface area contributed by atoms with Crippen LogP contribution < -0.4 is 11.1 Å². The average Bonchev–Trinajstić information content (AvgIpc) is 2.40. The molecule has 0 heterocycles. The molecule has 0 bridgehead atoms. The molecule has 0 fully saturated rings. The fourth-order valence-corrected chi connectivity index (χ4v) is 2.48. The van der Waals surface area contributed by atoms with Crippen LogP contribution in [0.15, 0.2) is 48.5 Å². The van der Waals surface area contributed by atoms with Crippen molar-refractivity contribution in [3.63, 3.8) is 0 Å². The minimum absolute atomic E-state index is 0.491. The molecule has 2 amide bonds. The summed E-state index contributed by atoms with van der Waals surface area (Å²) in [5.41, 5.74) is 7.98. The molecule has 3 nitrogen and oxygen atoms in total. The molecule has 0 radical (unpaired) electrons. The third-order valence-corrected chi connectivity index (χ3v) is 3.83. The predicted octanol–water partition coefficient (Wildman–Crippen LogP) is 3.83. The summed E-state index contributed by atoms with van der Waals surface area (Å²) >= 11 is 6.17. The number of halogens is 1. The van der Waals surface area contributed by atoms with Gasteiger partial charge in [0.15, 0.2) is 0 Å². The van der Waals surface area contributed by atoms with Gasteiger partial charge in [0.05, 0.1) is 5.54 Å². The molecule has 0 saturated heterocycles. The number of carbonyl (C=O) groups is 1. The first-order valence-electron chi connectivity index (χ1n) is 6.79. The van der Waals surface area contributed by atoms with Gasteiger partial charge in [0.1, 0.15) is 0 Å². The van der Waals surface area contributed by atoms with Gasteiger partial charge in [-0.3, -0.25) is 0 Å². The van der Waals surface area contributed by atoms with Gasteiger partial charge in [-0.1, -0.05) is 54.1 Å². The van der Waals surface area contributed by atoms with Crippen molar-refractivity contribution < 1.29 is 4.79 Å². The van der Waals surface area contributed by atoms with Gasteiger partial charge in [0, 0.05) is 5.02 Å². The Hall–Kier alpha value is -2.00. The number of amides is 2. The molecule has 21 heavy (non-hydrogen) atoms. The highest BCUT2D eigenvalue weighted by molar-refractivity contribution is 6.31. The Morgan fingerprint density at radius 2 is 1.76 bits per heavy atom. The molecule has 0 aliphatic rings. The molecule has 0 spiro atoms. The Labute approximate surface area is 130 Å². The SMILES string of the molecule is CC(C)(NC(N)=O)c1ccc(Cc2ccccc2Cl)cc1. The minimum Gasteiger partial charge on any atom is -0.352 e. The second kappa shape index (κ2) is 6.19. The maximum atomic E-state index is 11.0. The predicted molar refractivity (Wildman–Crippen MR) is 86.4 cm³/mol. The third kappa shape index (κ3) is 3.99. The molecule has 0 aliphatic heterocycles. The molecule has 0 aliphatic carbocycles. The summed E-state index contributed by atoms with van der Waals surface area (Å²) in [4.78, 5) is 11.0. The molecule has 2 aromatic carbocycles. The highest BCUT2D eigenvalue weighted by atomic mass is 35.5. The third-order valence-electron chi connectivity index (χ3n) is 3.46. The largest absolute Gasteiger partial charge is 0.352 e. The first kappa shape index (κ1) is 15.4. The molecule has 2 rings (SSSR count). The Bertz CT molecular complexity index is 635. The topological polar surface area (TPSA) is 55.1 Å². The smallest absolute Gasteiger partial charge is 0.312 e. The number of benzene rings is 2. The summed E-state index contributed by atoms with van der Waals surface area (Å²) < 4.78 is 0. The summed E-state index contributed by atoms with van der Waals surface area (Å²) in [7, 11) is 0. The minimum atomic E-state index is -0.528. The van der Waals surface area contributed by atoms with E-state index in [2.05, 4.69) is 5.32 Å². The van der Waals surface area contributed by atoms with E-state index in [1.165, 1.54) is 5.56 Å². The van der Waals surface area contributed by atoms with Crippen LogP contribution in [-0.4, -0.2) is 6.03 Å². The van der Waals surface area contributed by atoms with Gasteiger partial charge in [-0.25, -0.2) is 4.79 Å². The summed E-state index contributed by atoms with van der Waals surface area (Å²) in [5, 5.41) is 3.51. The van der Waals surface area contributed by atoms with Crippen LogP contribution >= 0.6 is 11.6 Å². The first-order valence-corrected chi connectivity index (χ1v) is 7.17. The van der Waals surface area contributed by atoms with E-state index in [0.29, 0.717) is 0 Å². The van der Waals surface area contributed by atoms with E-state index in [1.807, 2.05) is 62.4 Å². The van der Waals surface area contributed by atoms with Gasteiger partial charge in [-0.05, 0) is 43.0 Å². The fourth-order valence-electron chi connectivity index (χ4n) is 2.28. The van der Waals surface area contributed by atoms with Crippen molar-refractivity contribution in [1.82, 2.24) is 5.32 Å². The van der Waals surface area contributed by atoms with E-state index in [4.69, 9.17) is 17.3 Å². The van der Waals surface area contributed by atoms with Crippen LogP contribution in [0.1, 0.15) is 30.5 Å². The lowest BCUT2D eigenvalue weighted by Gasteiger charge is -2.26. The molecule has 0 unspecified atom stereocenters. The molecular formula is C17H19ClN2O. The molecular weight excluding hydrogens is 284 g/mol. The van der Waals surface area contributed by atoms with Crippen LogP contribution in [0.5, 0.6) is 0 Å². The number of nitrogens with one attached hydrogen (secondary N) is 1. The van der Waals surface area contributed by atoms with E-state index >= 15 is 0 Å². The van der Waals surface area contributed by atoms with Crippen LogP contribution in [0, 0.1) is 0 Å². The van der Waals surface area contributed by atoms with Crippen molar-refractivity contribution in [1.29, 1.82) is 0 Å². The number of nitrogens with two attached hydrogens (primary N) is 1. The van der Waals surface area contributed by atoms with E-state index in [-0.39, 0.29) is 0 Å². The summed E-state index contributed by atoms with van der Waals surface area (Å²) in [5.74, 6) is 0. The number of hydrogen-bond donors (Lipinski definition) is 2. The Morgan fingerprint density at radius 3 is 2.33 bits per heavy atom. The van der Waals surface area contributed by atoms with Crippen molar-refractivity contribution in [2.45, 2.75) is 25.8 Å². The van der Waals surface area contributed by atoms with Gasteiger partial charge in [0.2, 0.25) is 0 Å². The quantitative estimate of drug-likeness (QED) is 0.886. The summed E-state index contributed by atoms with van der Waals surface area (Å²) in [6, 6.07) is 15.4. The zero-order chi connectivity index (χ0) is 15.5. The molecule has 3 N–H and O–H groups in total. The Kier molecular flexibility index (Phi) is 4.53. The molecule has 4 heteroatoms. The van der Waals surface area contributed by atoms with Gasteiger partial charge in [0.25, 0.3) is 0 Å². The van der Waals surface area contributed by atoms with Crippen molar-refractivity contribution in [2.75, 3.05) is 0 Å². The van der Waals surface area contributed by atoms with Crippen LogP contribution in [-0.2, 0) is 12.0 Å². The zero-order valence-electron chi connectivity index (χ0n) is 12.2. The van der Waals surface area contributed by atoms with Gasteiger partial charge in [-0.2, -0.15) is 0 Å². The summed E-state index contributed by atoms with van der Waals surface area (Å²) in [6.45, 7) is 3.83. The average molecular weight is 303 g/mol. The lowest BCUT2D eigenvalue weighted by Crippen LogP contribution is -2.43. The van der Waals surface area contributed by atoms with Crippen molar-refractivity contribution >= 4 is 17.6 Å². The maximum absolute atomic E-state index is 11.0. The van der Waals surface area contributed by atoms with Crippen LogP contribution in [0.3, 0.4) is 0 Å². The van der Waals surface area contributed by atoms with E-state index in [1.54, 1.807) is 0 Å². The van der Waals surface area contributed by atoms with Gasteiger partial charge in [-0.15, -0.1) is 0 Å². The van der Waals surface area contributed by atoms with Crippen molar-refractivity contribution in [3.8, 4) is 0 Å². The van der Waals surface area contributed by atoms with Crippen LogP contribution in [0.2, 0.25) is 5.02 Å². The number of rotatable bonds is 4. The first-order chi connectivity index (χ1) is 9.88. The standard InChI is InChI=1S/C17H19ClN2O/c1-17(2,20-16(19)21)14-9-7-12(8-10-14)11-13-5-3-4-6-15(13)18/h3-10H,11H2,1-2H3,(H3,19,20,21). The van der Waals surface area contributed by atoms with Gasteiger partial charge < -0.3 is 11.1 Å². The van der Waals surface area contributed by atoms with E-state index in [0.717, 1.165) is 22.6 Å². The number of carbonyl (C=O) groups excluding carboxylic acids is 1. The molecule has 2 aromatic rings. The zero-order valence-corrected chi connectivity index (χ0v) is 12.9. The molecule has 0 saturated carbocycles. The second-order valence-electron chi connectivity index (χ2n) is 5.58. The monoisotopic (exact) mass is 302 g/mol. The number of urea groups is 1. The number of primary amides is 1. The highest BCUT2D eigenvalue weighted by Crippen LogP contribution is 2.23. The maximum Gasteiger partial charge on any atom is 0.312 e. The normalized spacial score (nSPS) is 11.2.